The van der Waals surface area contributed by atoms with Gasteiger partial charge >= 0.3 is 0 Å². The molecule has 0 aliphatic rings. The predicted molar refractivity (Wildman–Crippen MR) is 99.5 cm³/mol. The second-order valence-corrected chi connectivity index (χ2v) is 8.10. The Morgan fingerprint density at radius 1 is 1.08 bits per heavy atom. The van der Waals surface area contributed by atoms with Crippen LogP contribution in [0.5, 0.6) is 0 Å². The lowest BCUT2D eigenvalue weighted by Crippen LogP contribution is -2.36. The summed E-state index contributed by atoms with van der Waals surface area (Å²) in [5.41, 5.74) is 1.81. The van der Waals surface area contributed by atoms with Gasteiger partial charge in [-0.15, -0.1) is 11.3 Å². The van der Waals surface area contributed by atoms with Crippen LogP contribution >= 0.6 is 11.3 Å². The van der Waals surface area contributed by atoms with Crippen molar-refractivity contribution < 1.29 is 8.42 Å². The summed E-state index contributed by atoms with van der Waals surface area (Å²) in [6.07, 6.45) is 0. The molecular weight excluding hydrogens is 344 g/mol. The van der Waals surface area contributed by atoms with Gasteiger partial charge in [0.1, 0.15) is 0 Å². The second kappa shape index (κ2) is 8.81. The lowest BCUT2D eigenvalue weighted by molar-refractivity contribution is 0.587. The van der Waals surface area contributed by atoms with Crippen molar-refractivity contribution in [1.29, 1.82) is 0 Å². The van der Waals surface area contributed by atoms with Crippen molar-refractivity contribution in [2.75, 3.05) is 14.1 Å². The first-order valence-electron chi connectivity index (χ1n) is 7.48. The molecule has 1 aromatic carbocycles. The van der Waals surface area contributed by atoms with E-state index in [2.05, 4.69) is 26.4 Å². The minimum atomic E-state index is -3.24. The van der Waals surface area contributed by atoms with E-state index >= 15 is 0 Å². The number of aliphatic imine (C=N–C) groups is 1. The van der Waals surface area contributed by atoms with Gasteiger partial charge in [-0.25, -0.2) is 13.1 Å². The molecule has 0 unspecified atom stereocenters. The van der Waals surface area contributed by atoms with Gasteiger partial charge in [0.15, 0.2) is 5.96 Å². The third-order valence-electron chi connectivity index (χ3n) is 3.38. The smallest absolute Gasteiger partial charge is 0.215 e. The summed E-state index contributed by atoms with van der Waals surface area (Å²) < 4.78 is 25.4. The summed E-state index contributed by atoms with van der Waals surface area (Å²) in [6.45, 7) is 1.35. The quantitative estimate of drug-likeness (QED) is 0.514. The predicted octanol–water partition coefficient (Wildman–Crippen LogP) is 1.66. The Labute approximate surface area is 147 Å². The van der Waals surface area contributed by atoms with E-state index in [-0.39, 0.29) is 5.75 Å². The van der Waals surface area contributed by atoms with E-state index in [4.69, 9.17) is 0 Å². The molecule has 0 bridgehead atoms. The van der Waals surface area contributed by atoms with E-state index in [9.17, 15) is 8.42 Å². The van der Waals surface area contributed by atoms with E-state index in [0.717, 1.165) is 23.6 Å². The Morgan fingerprint density at radius 3 is 2.33 bits per heavy atom. The SMILES string of the molecule is CN=C(NCc1ccc(CS(=O)(=O)NC)cc1)NCc1cccs1. The largest absolute Gasteiger partial charge is 0.352 e. The highest BCUT2D eigenvalue weighted by molar-refractivity contribution is 7.88. The molecular formula is C16H22N4O2S2. The van der Waals surface area contributed by atoms with Gasteiger partial charge in [-0.2, -0.15) is 0 Å². The van der Waals surface area contributed by atoms with Crippen LogP contribution in [0.4, 0.5) is 0 Å². The molecule has 0 fully saturated rings. The Kier molecular flexibility index (Phi) is 6.77. The lowest BCUT2D eigenvalue weighted by Gasteiger charge is -2.11. The average Bonchev–Trinajstić information content (AvgIpc) is 3.09. The van der Waals surface area contributed by atoms with Crippen molar-refractivity contribution in [3.63, 3.8) is 0 Å². The average molecular weight is 367 g/mol. The summed E-state index contributed by atoms with van der Waals surface area (Å²) in [5.74, 6) is 0.714. The van der Waals surface area contributed by atoms with Gasteiger partial charge in [-0.3, -0.25) is 4.99 Å². The number of benzene rings is 1. The van der Waals surface area contributed by atoms with Crippen molar-refractivity contribution in [3.05, 3.63) is 57.8 Å². The van der Waals surface area contributed by atoms with Crippen LogP contribution in [0.2, 0.25) is 0 Å². The van der Waals surface area contributed by atoms with Crippen molar-refractivity contribution >= 4 is 27.3 Å². The zero-order valence-corrected chi connectivity index (χ0v) is 15.4. The first kappa shape index (κ1) is 18.4. The maximum atomic E-state index is 11.5. The molecule has 0 saturated carbocycles. The van der Waals surface area contributed by atoms with Crippen molar-refractivity contribution in [3.8, 4) is 0 Å². The number of nitrogens with zero attached hydrogens (tertiary/aromatic N) is 1. The van der Waals surface area contributed by atoms with Gasteiger partial charge in [-0.05, 0) is 29.6 Å². The highest BCUT2D eigenvalue weighted by Crippen LogP contribution is 2.08. The fourth-order valence-corrected chi connectivity index (χ4v) is 3.46. The van der Waals surface area contributed by atoms with Gasteiger partial charge < -0.3 is 10.6 Å². The van der Waals surface area contributed by atoms with Crippen LogP contribution < -0.4 is 15.4 Å². The van der Waals surface area contributed by atoms with E-state index in [1.165, 1.54) is 11.9 Å². The van der Waals surface area contributed by atoms with Gasteiger partial charge in [-0.1, -0.05) is 30.3 Å². The Hall–Kier alpha value is -1.90. The molecule has 8 heteroatoms. The number of hydrogen-bond donors (Lipinski definition) is 3. The number of hydrogen-bond acceptors (Lipinski definition) is 4. The van der Waals surface area contributed by atoms with Crippen LogP contribution in [0.1, 0.15) is 16.0 Å². The van der Waals surface area contributed by atoms with Crippen LogP contribution in [0.3, 0.4) is 0 Å². The number of guanidine groups is 1. The normalized spacial score (nSPS) is 12.2. The zero-order valence-electron chi connectivity index (χ0n) is 13.7. The maximum absolute atomic E-state index is 11.5. The Bertz CT molecular complexity index is 754. The maximum Gasteiger partial charge on any atom is 0.215 e. The Balaban J connectivity index is 1.84. The topological polar surface area (TPSA) is 82.6 Å². The molecule has 24 heavy (non-hydrogen) atoms. The summed E-state index contributed by atoms with van der Waals surface area (Å²) in [7, 11) is -0.0870. The molecule has 2 aromatic rings. The second-order valence-electron chi connectivity index (χ2n) is 5.14. The third kappa shape index (κ3) is 5.95. The van der Waals surface area contributed by atoms with Crippen LogP contribution in [-0.2, 0) is 28.9 Å². The fraction of sp³-hybridized carbons (Fsp3) is 0.312. The molecule has 0 spiro atoms. The lowest BCUT2D eigenvalue weighted by atomic mass is 10.1. The van der Waals surface area contributed by atoms with Gasteiger partial charge in [0.2, 0.25) is 10.0 Å². The third-order valence-corrected chi connectivity index (χ3v) is 5.60. The highest BCUT2D eigenvalue weighted by Gasteiger charge is 2.08. The van der Waals surface area contributed by atoms with Gasteiger partial charge in [0.25, 0.3) is 0 Å². The fourth-order valence-electron chi connectivity index (χ4n) is 2.04. The van der Waals surface area contributed by atoms with Crippen LogP contribution in [0.25, 0.3) is 0 Å². The highest BCUT2D eigenvalue weighted by atomic mass is 32.2. The summed E-state index contributed by atoms with van der Waals surface area (Å²) in [4.78, 5) is 5.43. The molecule has 0 atom stereocenters. The van der Waals surface area contributed by atoms with E-state index in [1.54, 1.807) is 18.4 Å². The summed E-state index contributed by atoms with van der Waals surface area (Å²) in [6, 6.07) is 11.6. The van der Waals surface area contributed by atoms with Crippen LogP contribution in [0.15, 0.2) is 46.8 Å². The summed E-state index contributed by atoms with van der Waals surface area (Å²) in [5, 5.41) is 8.54. The van der Waals surface area contributed by atoms with E-state index < -0.39 is 10.0 Å². The van der Waals surface area contributed by atoms with Crippen molar-refractivity contribution in [2.24, 2.45) is 4.99 Å². The minimum absolute atomic E-state index is 0.0127. The molecule has 0 aliphatic carbocycles. The van der Waals surface area contributed by atoms with E-state index in [1.807, 2.05) is 35.7 Å². The Morgan fingerprint density at radius 2 is 1.75 bits per heavy atom. The molecule has 0 saturated heterocycles. The number of thiophene rings is 1. The molecule has 6 nitrogen and oxygen atoms in total. The minimum Gasteiger partial charge on any atom is -0.352 e. The molecule has 2 rings (SSSR count). The number of sulfonamides is 1. The molecule has 3 N–H and O–H groups in total. The zero-order chi connectivity index (χ0) is 17.4. The van der Waals surface area contributed by atoms with Crippen LogP contribution in [0, 0.1) is 0 Å². The van der Waals surface area contributed by atoms with Gasteiger partial charge in [0, 0.05) is 18.5 Å². The van der Waals surface area contributed by atoms with E-state index in [0.29, 0.717) is 6.54 Å². The van der Waals surface area contributed by atoms with Gasteiger partial charge in [0.05, 0.1) is 12.3 Å². The molecule has 0 amide bonds. The summed E-state index contributed by atoms with van der Waals surface area (Å²) >= 11 is 1.70. The van der Waals surface area contributed by atoms with Crippen molar-refractivity contribution in [1.82, 2.24) is 15.4 Å². The molecule has 1 aromatic heterocycles. The van der Waals surface area contributed by atoms with Crippen LogP contribution in [-0.4, -0.2) is 28.5 Å². The standard InChI is InChI=1S/C16H22N4O2S2/c1-17-16(20-11-15-4-3-9-23-15)19-10-13-5-7-14(8-6-13)12-24(21,22)18-2/h3-9,18H,10-12H2,1-2H3,(H2,17,19,20). The molecule has 1 heterocycles. The number of rotatable bonds is 7. The molecule has 0 radical (unpaired) electrons. The molecule has 0 aliphatic heterocycles. The first-order chi connectivity index (χ1) is 11.5. The monoisotopic (exact) mass is 366 g/mol. The molecule has 130 valence electrons. The first-order valence-corrected chi connectivity index (χ1v) is 10.0. The van der Waals surface area contributed by atoms with Crippen molar-refractivity contribution in [2.45, 2.75) is 18.8 Å². The number of nitrogens with one attached hydrogen (secondary N) is 3.